The standard InChI is InChI=1S/C16H15NO3S/c1-13-3-2-4-15(11-13)20-9-10-21(18,19)16-7-5-14(12-17)6-8-16/h2-8,11H,9-10H2,1H3. The molecule has 0 unspecified atom stereocenters. The lowest BCUT2D eigenvalue weighted by Crippen LogP contribution is -2.14. The Balaban J connectivity index is 1.99. The molecule has 0 saturated carbocycles. The van der Waals surface area contributed by atoms with Crippen molar-refractivity contribution in [2.45, 2.75) is 11.8 Å². The van der Waals surface area contributed by atoms with Crippen LogP contribution in [0.4, 0.5) is 0 Å². The highest BCUT2D eigenvalue weighted by Gasteiger charge is 2.14. The number of nitriles is 1. The van der Waals surface area contributed by atoms with E-state index in [1.54, 1.807) is 6.07 Å². The summed E-state index contributed by atoms with van der Waals surface area (Å²) in [7, 11) is -3.40. The van der Waals surface area contributed by atoms with Gasteiger partial charge in [-0.2, -0.15) is 5.26 Å². The van der Waals surface area contributed by atoms with Gasteiger partial charge in [-0.25, -0.2) is 8.42 Å². The Morgan fingerprint density at radius 2 is 1.86 bits per heavy atom. The predicted octanol–water partition coefficient (Wildman–Crippen LogP) is 2.72. The van der Waals surface area contributed by atoms with Crippen LogP contribution in [-0.2, 0) is 9.84 Å². The van der Waals surface area contributed by atoms with E-state index in [-0.39, 0.29) is 17.3 Å². The zero-order valence-corrected chi connectivity index (χ0v) is 12.4. The Bertz CT molecular complexity index is 759. The second kappa shape index (κ2) is 6.42. The fourth-order valence-corrected chi connectivity index (χ4v) is 2.92. The van der Waals surface area contributed by atoms with E-state index < -0.39 is 9.84 Å². The van der Waals surface area contributed by atoms with Crippen molar-refractivity contribution in [1.29, 1.82) is 5.26 Å². The van der Waals surface area contributed by atoms with Gasteiger partial charge < -0.3 is 4.74 Å². The molecule has 0 fully saturated rings. The van der Waals surface area contributed by atoms with Gasteiger partial charge >= 0.3 is 0 Å². The van der Waals surface area contributed by atoms with Crippen molar-refractivity contribution in [1.82, 2.24) is 0 Å². The van der Waals surface area contributed by atoms with Crippen LogP contribution in [0, 0.1) is 18.3 Å². The summed E-state index contributed by atoms with van der Waals surface area (Å²) in [6.07, 6.45) is 0. The van der Waals surface area contributed by atoms with Gasteiger partial charge in [0.2, 0.25) is 0 Å². The number of nitrogens with zero attached hydrogens (tertiary/aromatic N) is 1. The van der Waals surface area contributed by atoms with E-state index in [0.717, 1.165) is 5.56 Å². The van der Waals surface area contributed by atoms with Crippen molar-refractivity contribution < 1.29 is 13.2 Å². The topological polar surface area (TPSA) is 67.2 Å². The van der Waals surface area contributed by atoms with E-state index in [0.29, 0.717) is 11.3 Å². The van der Waals surface area contributed by atoms with Crippen molar-refractivity contribution in [3.8, 4) is 11.8 Å². The summed E-state index contributed by atoms with van der Waals surface area (Å²) in [4.78, 5) is 0.203. The summed E-state index contributed by atoms with van der Waals surface area (Å²) in [5.41, 5.74) is 1.49. The van der Waals surface area contributed by atoms with Crippen LogP contribution in [0.2, 0.25) is 0 Å². The molecule has 0 spiro atoms. The summed E-state index contributed by atoms with van der Waals surface area (Å²) in [5, 5.41) is 8.70. The van der Waals surface area contributed by atoms with Gasteiger partial charge in [0, 0.05) is 0 Å². The van der Waals surface area contributed by atoms with Gasteiger partial charge in [0.25, 0.3) is 0 Å². The molecule has 21 heavy (non-hydrogen) atoms. The van der Waals surface area contributed by atoms with Crippen LogP contribution >= 0.6 is 0 Å². The van der Waals surface area contributed by atoms with Gasteiger partial charge in [-0.15, -0.1) is 0 Å². The maximum absolute atomic E-state index is 12.1. The van der Waals surface area contributed by atoms with E-state index in [1.165, 1.54) is 24.3 Å². The summed E-state index contributed by atoms with van der Waals surface area (Å²) in [6, 6.07) is 15.3. The minimum absolute atomic E-state index is 0.0891. The number of benzene rings is 2. The zero-order chi connectivity index (χ0) is 15.3. The monoisotopic (exact) mass is 301 g/mol. The van der Waals surface area contributed by atoms with Gasteiger partial charge in [0.1, 0.15) is 12.4 Å². The number of hydrogen-bond acceptors (Lipinski definition) is 4. The first kappa shape index (κ1) is 15.1. The maximum Gasteiger partial charge on any atom is 0.181 e. The SMILES string of the molecule is Cc1cccc(OCCS(=O)(=O)c2ccc(C#N)cc2)c1. The Labute approximate surface area is 124 Å². The first-order chi connectivity index (χ1) is 10.0. The van der Waals surface area contributed by atoms with E-state index in [9.17, 15) is 8.42 Å². The highest BCUT2D eigenvalue weighted by Crippen LogP contribution is 2.15. The molecule has 0 aliphatic heterocycles. The molecular weight excluding hydrogens is 286 g/mol. The third-order valence-corrected chi connectivity index (χ3v) is 4.65. The number of hydrogen-bond donors (Lipinski definition) is 0. The average molecular weight is 301 g/mol. The number of ether oxygens (including phenoxy) is 1. The first-order valence-electron chi connectivity index (χ1n) is 6.44. The highest BCUT2D eigenvalue weighted by atomic mass is 32.2. The largest absolute Gasteiger partial charge is 0.493 e. The molecule has 0 N–H and O–H groups in total. The van der Waals surface area contributed by atoms with Crippen LogP contribution in [0.25, 0.3) is 0 Å². The van der Waals surface area contributed by atoms with Crippen LogP contribution in [0.1, 0.15) is 11.1 Å². The summed E-state index contributed by atoms with van der Waals surface area (Å²) in [5.74, 6) is 0.553. The molecular formula is C16H15NO3S. The molecule has 0 atom stereocenters. The van der Waals surface area contributed by atoms with Crippen molar-refractivity contribution in [3.05, 3.63) is 59.7 Å². The van der Waals surface area contributed by atoms with Crippen LogP contribution in [0.15, 0.2) is 53.4 Å². The molecule has 0 aliphatic carbocycles. The van der Waals surface area contributed by atoms with Gasteiger partial charge in [-0.3, -0.25) is 0 Å². The Kier molecular flexibility index (Phi) is 4.61. The average Bonchev–Trinajstić information content (AvgIpc) is 2.47. The second-order valence-corrected chi connectivity index (χ2v) is 6.73. The third kappa shape index (κ3) is 4.07. The van der Waals surface area contributed by atoms with Crippen LogP contribution < -0.4 is 4.74 Å². The molecule has 0 heterocycles. The van der Waals surface area contributed by atoms with Gasteiger partial charge in [-0.05, 0) is 48.9 Å². The fraction of sp³-hybridized carbons (Fsp3) is 0.188. The lowest BCUT2D eigenvalue weighted by atomic mass is 10.2. The van der Waals surface area contributed by atoms with E-state index in [2.05, 4.69) is 0 Å². The Hall–Kier alpha value is -2.32. The van der Waals surface area contributed by atoms with E-state index >= 15 is 0 Å². The molecule has 0 aliphatic rings. The molecule has 5 heteroatoms. The van der Waals surface area contributed by atoms with Gasteiger partial charge in [-0.1, -0.05) is 12.1 Å². The molecule has 2 aromatic carbocycles. The quantitative estimate of drug-likeness (QED) is 0.851. The number of rotatable bonds is 5. The Morgan fingerprint density at radius 3 is 2.48 bits per heavy atom. The minimum Gasteiger partial charge on any atom is -0.493 e. The predicted molar refractivity (Wildman–Crippen MR) is 79.9 cm³/mol. The van der Waals surface area contributed by atoms with Crippen molar-refractivity contribution >= 4 is 9.84 Å². The Morgan fingerprint density at radius 1 is 1.14 bits per heavy atom. The third-order valence-electron chi connectivity index (χ3n) is 2.95. The van der Waals surface area contributed by atoms with E-state index in [1.807, 2.05) is 31.2 Å². The van der Waals surface area contributed by atoms with Crippen LogP contribution in [0.3, 0.4) is 0 Å². The zero-order valence-electron chi connectivity index (χ0n) is 11.6. The first-order valence-corrected chi connectivity index (χ1v) is 8.09. The summed E-state index contributed by atoms with van der Waals surface area (Å²) < 4.78 is 29.7. The van der Waals surface area contributed by atoms with E-state index in [4.69, 9.17) is 10.00 Å². The maximum atomic E-state index is 12.1. The normalized spacial score (nSPS) is 10.9. The van der Waals surface area contributed by atoms with Gasteiger partial charge in [0.05, 0.1) is 22.3 Å². The van der Waals surface area contributed by atoms with Crippen LogP contribution in [-0.4, -0.2) is 20.8 Å². The lowest BCUT2D eigenvalue weighted by molar-refractivity contribution is 0.340. The molecule has 2 rings (SSSR count). The molecule has 0 radical (unpaired) electrons. The number of aryl methyl sites for hydroxylation is 1. The molecule has 0 amide bonds. The molecule has 4 nitrogen and oxygen atoms in total. The summed E-state index contributed by atoms with van der Waals surface area (Å²) >= 11 is 0. The van der Waals surface area contributed by atoms with Crippen molar-refractivity contribution in [2.24, 2.45) is 0 Å². The van der Waals surface area contributed by atoms with Crippen molar-refractivity contribution in [2.75, 3.05) is 12.4 Å². The van der Waals surface area contributed by atoms with Gasteiger partial charge in [0.15, 0.2) is 9.84 Å². The summed E-state index contributed by atoms with van der Waals surface area (Å²) in [6.45, 7) is 2.03. The highest BCUT2D eigenvalue weighted by molar-refractivity contribution is 7.91. The smallest absolute Gasteiger partial charge is 0.181 e. The van der Waals surface area contributed by atoms with Crippen molar-refractivity contribution in [3.63, 3.8) is 0 Å². The fourth-order valence-electron chi connectivity index (χ4n) is 1.83. The molecule has 108 valence electrons. The molecule has 0 saturated heterocycles. The molecule has 0 bridgehead atoms. The van der Waals surface area contributed by atoms with Crippen LogP contribution in [0.5, 0.6) is 5.75 Å². The molecule has 0 aromatic heterocycles. The second-order valence-electron chi connectivity index (χ2n) is 4.62. The number of sulfone groups is 1. The minimum atomic E-state index is -3.40. The lowest BCUT2D eigenvalue weighted by Gasteiger charge is -2.08. The molecule has 2 aromatic rings.